The minimum atomic E-state index is -3.84. The highest BCUT2D eigenvalue weighted by Crippen LogP contribution is 2.28. The van der Waals surface area contributed by atoms with Gasteiger partial charge in [-0.25, -0.2) is 13.1 Å². The number of methoxy groups -OCH3 is 2. The third-order valence-corrected chi connectivity index (χ3v) is 5.44. The molecule has 1 atom stereocenters. The summed E-state index contributed by atoms with van der Waals surface area (Å²) in [5.41, 5.74) is 1.90. The van der Waals surface area contributed by atoms with Crippen molar-refractivity contribution in [2.24, 2.45) is 0 Å². The van der Waals surface area contributed by atoms with Crippen LogP contribution in [0.3, 0.4) is 0 Å². The Labute approximate surface area is 159 Å². The van der Waals surface area contributed by atoms with E-state index in [4.69, 9.17) is 19.3 Å². The molecule has 0 saturated carbocycles. The van der Waals surface area contributed by atoms with Gasteiger partial charge in [0.05, 0.1) is 33.5 Å². The van der Waals surface area contributed by atoms with Gasteiger partial charge in [0.15, 0.2) is 0 Å². The Morgan fingerprint density at radius 2 is 1.78 bits per heavy atom. The predicted octanol–water partition coefficient (Wildman–Crippen LogP) is 2.04. The van der Waals surface area contributed by atoms with Crippen LogP contribution in [0.4, 0.5) is 0 Å². The lowest BCUT2D eigenvalue weighted by molar-refractivity contribution is 0.0309. The zero-order valence-corrected chi connectivity index (χ0v) is 16.5. The van der Waals surface area contributed by atoms with Gasteiger partial charge in [-0.05, 0) is 24.6 Å². The highest BCUT2D eigenvalue weighted by Gasteiger charge is 2.22. The molecule has 0 aliphatic heterocycles. The standard InChI is InChI=1S/C19H25NO6S/c1-14-4-6-15(7-5-14)18(26-11-10-21)13-20-27(22,23)19-9-8-16(24-2)12-17(19)25-3/h4-9,12,18,20-21H,10-11,13H2,1-3H3. The topological polar surface area (TPSA) is 94.1 Å². The smallest absolute Gasteiger partial charge is 0.244 e. The molecular weight excluding hydrogens is 370 g/mol. The Hall–Kier alpha value is -2.13. The molecule has 2 aromatic carbocycles. The number of rotatable bonds is 10. The summed E-state index contributed by atoms with van der Waals surface area (Å²) in [6.07, 6.45) is -0.531. The van der Waals surface area contributed by atoms with Gasteiger partial charge in [-0.2, -0.15) is 0 Å². The van der Waals surface area contributed by atoms with Gasteiger partial charge in [-0.1, -0.05) is 29.8 Å². The van der Waals surface area contributed by atoms with Gasteiger partial charge < -0.3 is 19.3 Å². The zero-order chi connectivity index (χ0) is 19.9. The minimum absolute atomic E-state index is 0.00983. The number of ether oxygens (including phenoxy) is 3. The SMILES string of the molecule is COc1ccc(S(=O)(=O)NCC(OCCO)c2ccc(C)cc2)c(OC)c1. The van der Waals surface area contributed by atoms with Crippen molar-refractivity contribution in [2.45, 2.75) is 17.9 Å². The van der Waals surface area contributed by atoms with Gasteiger partial charge in [0.2, 0.25) is 10.0 Å². The van der Waals surface area contributed by atoms with Crippen LogP contribution in [0.2, 0.25) is 0 Å². The van der Waals surface area contributed by atoms with E-state index in [0.717, 1.165) is 11.1 Å². The van der Waals surface area contributed by atoms with E-state index >= 15 is 0 Å². The van der Waals surface area contributed by atoms with Crippen LogP contribution in [0.1, 0.15) is 17.2 Å². The fraction of sp³-hybridized carbons (Fsp3) is 0.368. The van der Waals surface area contributed by atoms with Crippen LogP contribution < -0.4 is 14.2 Å². The number of hydrogen-bond acceptors (Lipinski definition) is 6. The van der Waals surface area contributed by atoms with E-state index in [1.807, 2.05) is 31.2 Å². The molecule has 0 amide bonds. The number of hydrogen-bond donors (Lipinski definition) is 2. The molecule has 0 heterocycles. The van der Waals surface area contributed by atoms with Gasteiger partial charge in [0.1, 0.15) is 16.4 Å². The summed E-state index contributed by atoms with van der Waals surface area (Å²) >= 11 is 0. The molecule has 0 spiro atoms. The van der Waals surface area contributed by atoms with Crippen molar-refractivity contribution in [3.05, 3.63) is 53.6 Å². The van der Waals surface area contributed by atoms with Gasteiger partial charge in [0.25, 0.3) is 0 Å². The van der Waals surface area contributed by atoms with Crippen LogP contribution in [0.15, 0.2) is 47.4 Å². The molecule has 0 aromatic heterocycles. The average Bonchev–Trinajstić information content (AvgIpc) is 2.68. The van der Waals surface area contributed by atoms with Gasteiger partial charge in [-0.3, -0.25) is 0 Å². The predicted molar refractivity (Wildman–Crippen MR) is 102 cm³/mol. The van der Waals surface area contributed by atoms with Gasteiger partial charge in [-0.15, -0.1) is 0 Å². The maximum Gasteiger partial charge on any atom is 0.244 e. The summed E-state index contributed by atoms with van der Waals surface area (Å²) in [5, 5.41) is 9.04. The average molecular weight is 395 g/mol. The molecule has 2 aromatic rings. The fourth-order valence-electron chi connectivity index (χ4n) is 2.51. The van der Waals surface area contributed by atoms with E-state index in [-0.39, 0.29) is 30.4 Å². The minimum Gasteiger partial charge on any atom is -0.497 e. The lowest BCUT2D eigenvalue weighted by Crippen LogP contribution is -2.30. The molecule has 0 aliphatic carbocycles. The summed E-state index contributed by atoms with van der Waals surface area (Å²) in [5.74, 6) is 0.680. The number of nitrogens with one attached hydrogen (secondary N) is 1. The van der Waals surface area contributed by atoms with Crippen LogP contribution in [0, 0.1) is 6.92 Å². The molecule has 2 rings (SSSR count). The van der Waals surface area contributed by atoms with E-state index in [1.54, 1.807) is 6.07 Å². The van der Waals surface area contributed by atoms with Crippen LogP contribution in [0.5, 0.6) is 11.5 Å². The Morgan fingerprint density at radius 1 is 1.07 bits per heavy atom. The Morgan fingerprint density at radius 3 is 2.37 bits per heavy atom. The van der Waals surface area contributed by atoms with Crippen LogP contribution in [-0.4, -0.2) is 47.5 Å². The lowest BCUT2D eigenvalue weighted by Gasteiger charge is -2.19. The van der Waals surface area contributed by atoms with Crippen molar-refractivity contribution in [1.29, 1.82) is 0 Å². The molecule has 0 bridgehead atoms. The molecule has 148 valence electrons. The molecule has 7 nitrogen and oxygen atoms in total. The zero-order valence-electron chi connectivity index (χ0n) is 15.6. The van der Waals surface area contributed by atoms with Gasteiger partial charge >= 0.3 is 0 Å². The first-order valence-corrected chi connectivity index (χ1v) is 9.90. The Bertz CT molecular complexity index is 836. The van der Waals surface area contributed by atoms with Crippen molar-refractivity contribution in [2.75, 3.05) is 34.0 Å². The normalized spacial score (nSPS) is 12.6. The first-order chi connectivity index (χ1) is 12.9. The molecule has 0 fully saturated rings. The first kappa shape index (κ1) is 21.2. The van der Waals surface area contributed by atoms with Crippen LogP contribution in [0.25, 0.3) is 0 Å². The summed E-state index contributed by atoms with van der Waals surface area (Å²) in [7, 11) is -0.949. The van der Waals surface area contributed by atoms with Crippen molar-refractivity contribution >= 4 is 10.0 Å². The molecular formula is C19H25NO6S. The summed E-state index contributed by atoms with van der Waals surface area (Å²) in [6.45, 7) is 1.93. The Balaban J connectivity index is 2.20. The van der Waals surface area contributed by atoms with Crippen molar-refractivity contribution in [3.8, 4) is 11.5 Å². The molecule has 27 heavy (non-hydrogen) atoms. The first-order valence-electron chi connectivity index (χ1n) is 8.42. The molecule has 0 saturated heterocycles. The van der Waals surface area contributed by atoms with Crippen molar-refractivity contribution in [3.63, 3.8) is 0 Å². The van der Waals surface area contributed by atoms with Crippen molar-refractivity contribution in [1.82, 2.24) is 4.72 Å². The quantitative estimate of drug-likeness (QED) is 0.639. The van der Waals surface area contributed by atoms with E-state index < -0.39 is 16.1 Å². The Kier molecular flexibility index (Phi) is 7.61. The second kappa shape index (κ2) is 9.70. The highest BCUT2D eigenvalue weighted by atomic mass is 32.2. The monoisotopic (exact) mass is 395 g/mol. The second-order valence-corrected chi connectivity index (χ2v) is 7.60. The summed E-state index contributed by atoms with van der Waals surface area (Å²) < 4.78 is 43.9. The van der Waals surface area contributed by atoms with E-state index in [1.165, 1.54) is 26.4 Å². The van der Waals surface area contributed by atoms with E-state index in [9.17, 15) is 8.42 Å². The van der Waals surface area contributed by atoms with Crippen LogP contribution in [-0.2, 0) is 14.8 Å². The third kappa shape index (κ3) is 5.67. The number of benzene rings is 2. The number of aliphatic hydroxyl groups excluding tert-OH is 1. The third-order valence-electron chi connectivity index (χ3n) is 3.98. The largest absolute Gasteiger partial charge is 0.497 e. The molecule has 0 radical (unpaired) electrons. The molecule has 1 unspecified atom stereocenters. The fourth-order valence-corrected chi connectivity index (χ4v) is 3.69. The second-order valence-electron chi connectivity index (χ2n) is 5.86. The highest BCUT2D eigenvalue weighted by molar-refractivity contribution is 7.89. The molecule has 2 N–H and O–H groups in total. The van der Waals surface area contributed by atoms with E-state index in [2.05, 4.69) is 4.72 Å². The maximum absolute atomic E-state index is 12.7. The van der Waals surface area contributed by atoms with Crippen molar-refractivity contribution < 1.29 is 27.7 Å². The maximum atomic E-state index is 12.7. The number of sulfonamides is 1. The summed E-state index contributed by atoms with van der Waals surface area (Å²) in [6, 6.07) is 12.1. The van der Waals surface area contributed by atoms with Crippen LogP contribution >= 0.6 is 0 Å². The lowest BCUT2D eigenvalue weighted by atomic mass is 10.1. The van der Waals surface area contributed by atoms with Gasteiger partial charge in [0, 0.05) is 12.6 Å². The van der Waals surface area contributed by atoms with E-state index in [0.29, 0.717) is 5.75 Å². The number of aliphatic hydroxyl groups is 1. The number of aryl methyl sites for hydroxylation is 1. The molecule has 8 heteroatoms. The molecule has 0 aliphatic rings. The summed E-state index contributed by atoms with van der Waals surface area (Å²) in [4.78, 5) is 0.00983.